The fourth-order valence-electron chi connectivity index (χ4n) is 2.63. The maximum Gasteiger partial charge on any atom is 0.326 e. The Balaban J connectivity index is 5.25. The lowest BCUT2D eigenvalue weighted by Gasteiger charge is -2.24. The van der Waals surface area contributed by atoms with Gasteiger partial charge in [0.15, 0.2) is 5.96 Å². The van der Waals surface area contributed by atoms with Crippen LogP contribution >= 0.6 is 0 Å². The molecule has 15 heteroatoms. The van der Waals surface area contributed by atoms with Crippen LogP contribution in [-0.2, 0) is 24.0 Å². The Bertz CT molecular complexity index is 755. The van der Waals surface area contributed by atoms with Crippen LogP contribution in [0.15, 0.2) is 4.99 Å². The van der Waals surface area contributed by atoms with E-state index >= 15 is 0 Å². The van der Waals surface area contributed by atoms with Crippen LogP contribution in [0.2, 0.25) is 0 Å². The van der Waals surface area contributed by atoms with E-state index in [0.717, 1.165) is 0 Å². The molecular weight excluding hydrogens is 452 g/mol. The summed E-state index contributed by atoms with van der Waals surface area (Å²) < 4.78 is 0. The molecule has 0 fully saturated rings. The van der Waals surface area contributed by atoms with E-state index in [1.165, 1.54) is 0 Å². The highest BCUT2D eigenvalue weighted by Gasteiger charge is 2.30. The Morgan fingerprint density at radius 1 is 0.853 bits per heavy atom. The first-order valence-corrected chi connectivity index (χ1v) is 10.6. The Morgan fingerprint density at radius 2 is 1.38 bits per heavy atom. The van der Waals surface area contributed by atoms with Gasteiger partial charge in [-0.25, -0.2) is 4.79 Å². The van der Waals surface area contributed by atoms with E-state index in [1.807, 2.05) is 0 Å². The van der Waals surface area contributed by atoms with Gasteiger partial charge in [0, 0.05) is 13.0 Å². The minimum Gasteiger partial charge on any atom is -0.480 e. The van der Waals surface area contributed by atoms with Crippen molar-refractivity contribution >= 4 is 35.6 Å². The van der Waals surface area contributed by atoms with E-state index in [1.54, 1.807) is 13.8 Å². The van der Waals surface area contributed by atoms with Crippen molar-refractivity contribution in [2.45, 2.75) is 63.7 Å². The van der Waals surface area contributed by atoms with Crippen LogP contribution in [0.1, 0.15) is 39.5 Å². The van der Waals surface area contributed by atoms with Crippen molar-refractivity contribution in [1.82, 2.24) is 16.0 Å². The quantitative estimate of drug-likeness (QED) is 0.0573. The molecule has 0 radical (unpaired) electrons. The number of primary amides is 1. The van der Waals surface area contributed by atoms with Gasteiger partial charge in [-0.1, -0.05) is 13.8 Å². The number of rotatable bonds is 16. The number of carboxylic acid groups (broad SMARTS) is 1. The highest BCUT2D eigenvalue weighted by Crippen LogP contribution is 2.04. The van der Waals surface area contributed by atoms with Crippen molar-refractivity contribution < 1.29 is 34.2 Å². The molecule has 0 saturated heterocycles. The molecule has 0 bridgehead atoms. The Hall–Kier alpha value is -3.46. The summed E-state index contributed by atoms with van der Waals surface area (Å²) >= 11 is 0. The van der Waals surface area contributed by atoms with Crippen molar-refractivity contribution in [1.29, 1.82) is 0 Å². The standard InChI is InChI=1S/C19H36N8O7/c1-9(2)14(21)17(32)25-10(5-6-13(20)29)15(30)27-12(8-28)16(31)26-11(18(33)34)4-3-7-24-19(22)23/h9-12,14,28H,3-8,21H2,1-2H3,(H2,20,29)(H,25,32)(H,26,31)(H,27,30)(H,33,34)(H4,22,23,24). The number of hydrogen-bond donors (Lipinski definition) is 9. The number of carbonyl (C=O) groups excluding carboxylic acids is 4. The number of nitrogens with one attached hydrogen (secondary N) is 3. The SMILES string of the molecule is CC(C)C(N)C(=O)NC(CCC(N)=O)C(=O)NC(CO)C(=O)NC(CCCN=C(N)N)C(=O)O. The van der Waals surface area contributed by atoms with Crippen LogP contribution < -0.4 is 38.9 Å². The van der Waals surface area contributed by atoms with Gasteiger partial charge in [-0.05, 0) is 25.2 Å². The molecule has 0 spiro atoms. The van der Waals surface area contributed by atoms with E-state index in [0.29, 0.717) is 0 Å². The molecule has 0 aromatic heterocycles. The Morgan fingerprint density at radius 3 is 1.85 bits per heavy atom. The molecular formula is C19H36N8O7. The van der Waals surface area contributed by atoms with E-state index in [9.17, 15) is 34.2 Å². The zero-order chi connectivity index (χ0) is 26.4. The molecule has 194 valence electrons. The first kappa shape index (κ1) is 30.5. The first-order chi connectivity index (χ1) is 15.8. The lowest BCUT2D eigenvalue weighted by Crippen LogP contribution is -2.58. The highest BCUT2D eigenvalue weighted by atomic mass is 16.4. The third kappa shape index (κ3) is 12.0. The molecule has 0 rings (SSSR count). The second-order valence-electron chi connectivity index (χ2n) is 7.93. The van der Waals surface area contributed by atoms with Gasteiger partial charge in [-0.15, -0.1) is 0 Å². The molecule has 0 aliphatic rings. The maximum absolute atomic E-state index is 12.7. The molecule has 0 saturated carbocycles. The average Bonchev–Trinajstić information content (AvgIpc) is 2.75. The van der Waals surface area contributed by atoms with Gasteiger partial charge in [0.1, 0.15) is 18.1 Å². The van der Waals surface area contributed by atoms with Crippen molar-refractivity contribution in [2.75, 3.05) is 13.2 Å². The van der Waals surface area contributed by atoms with Gasteiger partial charge >= 0.3 is 5.97 Å². The normalized spacial score (nSPS) is 14.3. The highest BCUT2D eigenvalue weighted by molar-refractivity contribution is 5.94. The summed E-state index contributed by atoms with van der Waals surface area (Å²) in [6.45, 7) is 2.68. The summed E-state index contributed by atoms with van der Waals surface area (Å²) in [5.74, 6) is -4.97. The fraction of sp³-hybridized carbons (Fsp3) is 0.684. The molecule has 4 amide bonds. The number of carbonyl (C=O) groups is 5. The van der Waals surface area contributed by atoms with Crippen LogP contribution in [0.3, 0.4) is 0 Å². The van der Waals surface area contributed by atoms with Gasteiger partial charge in [0.2, 0.25) is 23.6 Å². The Kier molecular flexibility index (Phi) is 13.8. The van der Waals surface area contributed by atoms with Gasteiger partial charge < -0.3 is 49.1 Å². The predicted octanol–water partition coefficient (Wildman–Crippen LogP) is -4.18. The van der Waals surface area contributed by atoms with Gasteiger partial charge in [-0.2, -0.15) is 0 Å². The molecule has 13 N–H and O–H groups in total. The second kappa shape index (κ2) is 15.4. The van der Waals surface area contributed by atoms with Crippen molar-refractivity contribution in [3.63, 3.8) is 0 Å². The average molecular weight is 489 g/mol. The number of nitrogens with zero attached hydrogens (tertiary/aromatic N) is 1. The number of amides is 4. The van der Waals surface area contributed by atoms with E-state index in [-0.39, 0.29) is 44.1 Å². The zero-order valence-corrected chi connectivity index (χ0v) is 19.3. The van der Waals surface area contributed by atoms with E-state index in [2.05, 4.69) is 20.9 Å². The third-order valence-corrected chi connectivity index (χ3v) is 4.71. The number of guanidine groups is 1. The van der Waals surface area contributed by atoms with Crippen molar-refractivity contribution in [3.8, 4) is 0 Å². The number of aliphatic carboxylic acids is 1. The van der Waals surface area contributed by atoms with Crippen LogP contribution in [0.5, 0.6) is 0 Å². The molecule has 0 aromatic carbocycles. The number of aliphatic hydroxyl groups excluding tert-OH is 1. The number of aliphatic hydroxyl groups is 1. The summed E-state index contributed by atoms with van der Waals surface area (Å²) in [4.78, 5) is 63.7. The molecule has 34 heavy (non-hydrogen) atoms. The lowest BCUT2D eigenvalue weighted by molar-refractivity contribution is -0.142. The Labute approximate surface area is 197 Å². The smallest absolute Gasteiger partial charge is 0.326 e. The lowest BCUT2D eigenvalue weighted by atomic mass is 10.0. The molecule has 0 aromatic rings. The maximum atomic E-state index is 12.7. The van der Waals surface area contributed by atoms with Gasteiger partial charge in [0.05, 0.1) is 12.6 Å². The van der Waals surface area contributed by atoms with Crippen molar-refractivity contribution in [3.05, 3.63) is 0 Å². The summed E-state index contributed by atoms with van der Waals surface area (Å²) in [7, 11) is 0. The summed E-state index contributed by atoms with van der Waals surface area (Å²) in [5.41, 5.74) is 21.3. The molecule has 15 nitrogen and oxygen atoms in total. The molecule has 0 heterocycles. The van der Waals surface area contributed by atoms with Crippen LogP contribution in [0, 0.1) is 5.92 Å². The number of nitrogens with two attached hydrogens (primary N) is 4. The zero-order valence-electron chi connectivity index (χ0n) is 19.3. The van der Waals surface area contributed by atoms with Gasteiger partial charge in [0.25, 0.3) is 0 Å². The minimum atomic E-state index is -1.53. The minimum absolute atomic E-state index is 0.0195. The largest absolute Gasteiger partial charge is 0.480 e. The molecule has 0 aliphatic carbocycles. The fourth-order valence-corrected chi connectivity index (χ4v) is 2.63. The number of aliphatic imine (C=N–C) groups is 1. The van der Waals surface area contributed by atoms with Gasteiger partial charge in [-0.3, -0.25) is 24.2 Å². The monoisotopic (exact) mass is 488 g/mol. The second-order valence-corrected chi connectivity index (χ2v) is 7.93. The molecule has 4 atom stereocenters. The predicted molar refractivity (Wildman–Crippen MR) is 122 cm³/mol. The van der Waals surface area contributed by atoms with E-state index < -0.39 is 60.4 Å². The number of hydrogen-bond acceptors (Lipinski definition) is 8. The van der Waals surface area contributed by atoms with Crippen molar-refractivity contribution in [2.24, 2.45) is 33.8 Å². The van der Waals surface area contributed by atoms with E-state index in [4.69, 9.17) is 22.9 Å². The van der Waals surface area contributed by atoms with Crippen LogP contribution in [0.4, 0.5) is 0 Å². The summed E-state index contributed by atoms with van der Waals surface area (Å²) in [5, 5.41) is 25.7. The first-order valence-electron chi connectivity index (χ1n) is 10.6. The third-order valence-electron chi connectivity index (χ3n) is 4.71. The number of carboxylic acids is 1. The summed E-state index contributed by atoms with van der Waals surface area (Å²) in [6, 6.07) is -5.07. The van der Waals surface area contributed by atoms with Crippen LogP contribution in [0.25, 0.3) is 0 Å². The summed E-state index contributed by atoms with van der Waals surface area (Å²) in [6.07, 6.45) is -0.209. The molecule has 0 aliphatic heterocycles. The van der Waals surface area contributed by atoms with Crippen LogP contribution in [-0.4, -0.2) is 83.1 Å². The molecule has 4 unspecified atom stereocenters. The topological polar surface area (TPSA) is 278 Å².